The van der Waals surface area contributed by atoms with Gasteiger partial charge in [-0.05, 0) is 56.3 Å². The molecular weight excluding hydrogens is 372 g/mol. The van der Waals surface area contributed by atoms with E-state index in [-0.39, 0.29) is 12.6 Å². The molecule has 8 heteroatoms. The molecule has 1 aromatic heterocycles. The molecule has 27 heavy (non-hydrogen) atoms. The van der Waals surface area contributed by atoms with Crippen molar-refractivity contribution in [1.82, 2.24) is 14.2 Å². The topological polar surface area (TPSA) is 54.3 Å². The molecule has 3 rings (SSSR count). The number of aryl methyl sites for hydroxylation is 1. The van der Waals surface area contributed by atoms with Gasteiger partial charge in [0.25, 0.3) is 0 Å². The Morgan fingerprint density at radius 1 is 1.11 bits per heavy atom. The molecule has 5 nitrogen and oxygen atoms in total. The largest absolute Gasteiger partial charge is 0.353 e. The van der Waals surface area contributed by atoms with Crippen LogP contribution in [0.15, 0.2) is 41.4 Å². The molecule has 1 aliphatic rings. The lowest BCUT2D eigenvalue weighted by Crippen LogP contribution is -2.39. The van der Waals surface area contributed by atoms with Gasteiger partial charge in [0, 0.05) is 25.5 Å². The first kappa shape index (κ1) is 20.0. The molecule has 1 N–H and O–H groups in total. The number of hydrogen-bond donors (Lipinski definition) is 1. The van der Waals surface area contributed by atoms with Gasteiger partial charge in [-0.3, -0.25) is 4.90 Å². The van der Waals surface area contributed by atoms with Gasteiger partial charge in [-0.1, -0.05) is 12.8 Å². The highest BCUT2D eigenvalue weighted by Gasteiger charge is 2.27. The maximum absolute atomic E-state index is 13.9. The molecule has 0 bridgehead atoms. The summed E-state index contributed by atoms with van der Waals surface area (Å²) in [6, 6.07) is 6.15. The van der Waals surface area contributed by atoms with Crippen LogP contribution >= 0.6 is 0 Å². The molecule has 1 fully saturated rings. The van der Waals surface area contributed by atoms with Crippen molar-refractivity contribution in [1.29, 1.82) is 0 Å². The predicted molar refractivity (Wildman–Crippen MR) is 99.7 cm³/mol. The first-order valence-corrected chi connectivity index (χ1v) is 10.7. The molecule has 2 heterocycles. The zero-order valence-electron chi connectivity index (χ0n) is 15.4. The fraction of sp³-hybridized carbons (Fsp3) is 0.474. The summed E-state index contributed by atoms with van der Waals surface area (Å²) in [5.74, 6) is -1.75. The number of aromatic nitrogens is 1. The fourth-order valence-electron chi connectivity index (χ4n) is 3.60. The van der Waals surface area contributed by atoms with Gasteiger partial charge in [0.1, 0.15) is 16.5 Å². The molecule has 0 aliphatic carbocycles. The third kappa shape index (κ3) is 4.75. The van der Waals surface area contributed by atoms with Crippen LogP contribution in [-0.4, -0.2) is 37.5 Å². The maximum Gasteiger partial charge on any atom is 0.243 e. The number of rotatable bonds is 6. The summed E-state index contributed by atoms with van der Waals surface area (Å²) in [6.07, 6.45) is 6.37. The minimum atomic E-state index is -4.16. The van der Waals surface area contributed by atoms with Gasteiger partial charge in [0.2, 0.25) is 10.0 Å². The minimum absolute atomic E-state index is 0.0934. The molecule has 1 aromatic carbocycles. The summed E-state index contributed by atoms with van der Waals surface area (Å²) < 4.78 is 56.9. The van der Waals surface area contributed by atoms with Crippen molar-refractivity contribution in [2.75, 3.05) is 19.6 Å². The van der Waals surface area contributed by atoms with E-state index in [1.54, 1.807) is 0 Å². The van der Waals surface area contributed by atoms with Crippen molar-refractivity contribution in [2.24, 2.45) is 7.05 Å². The second-order valence-corrected chi connectivity index (χ2v) is 8.67. The van der Waals surface area contributed by atoms with E-state index in [1.165, 1.54) is 0 Å². The molecule has 1 saturated heterocycles. The lowest BCUT2D eigenvalue weighted by molar-refractivity contribution is 0.199. The molecule has 0 spiro atoms. The number of hydrogen-bond acceptors (Lipinski definition) is 3. The summed E-state index contributed by atoms with van der Waals surface area (Å²) in [5, 5.41) is 0. The van der Waals surface area contributed by atoms with Gasteiger partial charge < -0.3 is 4.57 Å². The quantitative estimate of drug-likeness (QED) is 0.815. The van der Waals surface area contributed by atoms with Crippen molar-refractivity contribution in [3.8, 4) is 0 Å². The van der Waals surface area contributed by atoms with Gasteiger partial charge in [-0.25, -0.2) is 21.9 Å². The molecule has 1 atom stereocenters. The van der Waals surface area contributed by atoms with Gasteiger partial charge in [0.15, 0.2) is 0 Å². The Bertz CT molecular complexity index is 875. The number of benzene rings is 1. The highest BCUT2D eigenvalue weighted by atomic mass is 32.2. The Hall–Kier alpha value is -1.77. The molecule has 0 radical (unpaired) electrons. The summed E-state index contributed by atoms with van der Waals surface area (Å²) in [4.78, 5) is 1.61. The number of sulfonamides is 1. The van der Waals surface area contributed by atoms with Crippen molar-refractivity contribution < 1.29 is 17.2 Å². The summed E-state index contributed by atoms with van der Waals surface area (Å²) in [7, 11) is -2.24. The predicted octanol–water partition coefficient (Wildman–Crippen LogP) is 3.20. The van der Waals surface area contributed by atoms with E-state index >= 15 is 0 Å². The molecule has 0 saturated carbocycles. The van der Waals surface area contributed by atoms with Crippen molar-refractivity contribution in [2.45, 2.75) is 36.6 Å². The van der Waals surface area contributed by atoms with Gasteiger partial charge in [-0.15, -0.1) is 0 Å². The van der Waals surface area contributed by atoms with Crippen LogP contribution < -0.4 is 4.72 Å². The fourth-order valence-corrected chi connectivity index (χ4v) is 4.72. The normalized spacial score (nSPS) is 17.6. The highest BCUT2D eigenvalue weighted by Crippen LogP contribution is 2.25. The van der Waals surface area contributed by atoms with Crippen LogP contribution in [0.4, 0.5) is 8.78 Å². The minimum Gasteiger partial charge on any atom is -0.353 e. The lowest BCUT2D eigenvalue weighted by Gasteiger charge is -2.31. The average molecular weight is 397 g/mol. The van der Waals surface area contributed by atoms with Gasteiger partial charge >= 0.3 is 0 Å². The standard InChI is InChI=1S/C19H25F2N3O2S/c1-23-10-6-7-17(23)18(24-11-4-2-3-5-12-24)14-22-27(25,26)19-13-15(20)8-9-16(19)21/h6-10,13,18,22H,2-5,11-12,14H2,1H3/t18-/m0/s1. The van der Waals surface area contributed by atoms with Crippen LogP contribution in [-0.2, 0) is 17.1 Å². The average Bonchev–Trinajstić information content (AvgIpc) is 2.88. The van der Waals surface area contributed by atoms with Crippen LogP contribution in [0, 0.1) is 11.6 Å². The van der Waals surface area contributed by atoms with Gasteiger partial charge in [-0.2, -0.15) is 0 Å². The zero-order chi connectivity index (χ0) is 19.4. The maximum atomic E-state index is 13.9. The summed E-state index contributed by atoms with van der Waals surface area (Å²) in [5.41, 5.74) is 0.985. The highest BCUT2D eigenvalue weighted by molar-refractivity contribution is 7.89. The molecule has 0 unspecified atom stereocenters. The Balaban J connectivity index is 1.84. The van der Waals surface area contributed by atoms with E-state index < -0.39 is 26.6 Å². The molecule has 1 aliphatic heterocycles. The number of halogens is 2. The number of nitrogens with zero attached hydrogens (tertiary/aromatic N) is 2. The Morgan fingerprint density at radius 2 is 1.81 bits per heavy atom. The van der Waals surface area contributed by atoms with E-state index in [2.05, 4.69) is 9.62 Å². The van der Waals surface area contributed by atoms with Crippen LogP contribution in [0.5, 0.6) is 0 Å². The second-order valence-electron chi connectivity index (χ2n) is 6.94. The smallest absolute Gasteiger partial charge is 0.243 e. The van der Waals surface area contributed by atoms with Crippen LogP contribution in [0.2, 0.25) is 0 Å². The second kappa shape index (κ2) is 8.50. The van der Waals surface area contributed by atoms with E-state index in [0.717, 1.165) is 56.6 Å². The van der Waals surface area contributed by atoms with Crippen LogP contribution in [0.1, 0.15) is 37.4 Å². The van der Waals surface area contributed by atoms with E-state index in [0.29, 0.717) is 6.07 Å². The van der Waals surface area contributed by atoms with E-state index in [4.69, 9.17) is 0 Å². The Morgan fingerprint density at radius 3 is 2.44 bits per heavy atom. The third-order valence-electron chi connectivity index (χ3n) is 5.06. The lowest BCUT2D eigenvalue weighted by atomic mass is 10.1. The molecule has 2 aromatic rings. The Kier molecular flexibility index (Phi) is 6.29. The number of nitrogens with one attached hydrogen (secondary N) is 1. The summed E-state index contributed by atoms with van der Waals surface area (Å²) >= 11 is 0. The molecular formula is C19H25F2N3O2S. The molecule has 0 amide bonds. The molecule has 148 valence electrons. The van der Waals surface area contributed by atoms with E-state index in [9.17, 15) is 17.2 Å². The SMILES string of the molecule is Cn1cccc1[C@H](CNS(=O)(=O)c1cc(F)ccc1F)N1CCCCCC1. The van der Waals surface area contributed by atoms with Crippen molar-refractivity contribution in [3.63, 3.8) is 0 Å². The first-order valence-electron chi connectivity index (χ1n) is 9.18. The van der Waals surface area contributed by atoms with Crippen molar-refractivity contribution in [3.05, 3.63) is 53.9 Å². The van der Waals surface area contributed by atoms with Gasteiger partial charge in [0.05, 0.1) is 6.04 Å². The van der Waals surface area contributed by atoms with E-state index in [1.807, 2.05) is 29.9 Å². The Labute approximate surface area is 159 Å². The van der Waals surface area contributed by atoms with Crippen LogP contribution in [0.25, 0.3) is 0 Å². The van der Waals surface area contributed by atoms with Crippen LogP contribution in [0.3, 0.4) is 0 Å². The number of likely N-dealkylation sites (tertiary alicyclic amines) is 1. The zero-order valence-corrected chi connectivity index (χ0v) is 16.2. The summed E-state index contributed by atoms with van der Waals surface area (Å²) in [6.45, 7) is 1.86. The first-order chi connectivity index (χ1) is 12.9. The monoisotopic (exact) mass is 397 g/mol. The third-order valence-corrected chi connectivity index (χ3v) is 6.49. The van der Waals surface area contributed by atoms with Crippen molar-refractivity contribution >= 4 is 10.0 Å².